The molecule has 0 saturated heterocycles. The predicted molar refractivity (Wildman–Crippen MR) is 40.3 cm³/mol. The molecule has 0 bridgehead atoms. The maximum atomic E-state index is 11.8. The Hall–Kier alpha value is -0.220. The van der Waals surface area contributed by atoms with Gasteiger partial charge in [0.15, 0.2) is 0 Å². The summed E-state index contributed by atoms with van der Waals surface area (Å²) < 4.78 is 28.4. The van der Waals surface area contributed by atoms with Gasteiger partial charge in [-0.25, -0.2) is 8.78 Å². The van der Waals surface area contributed by atoms with Gasteiger partial charge in [0.05, 0.1) is 6.61 Å². The van der Waals surface area contributed by atoms with E-state index in [-0.39, 0.29) is 0 Å². The fraction of sp³-hybridized carbons (Fsp3) is 1.00. The van der Waals surface area contributed by atoms with Crippen molar-refractivity contribution in [2.45, 2.75) is 0 Å². The predicted octanol–water partition coefficient (Wildman–Crippen LogP) is 0.874. The lowest BCUT2D eigenvalue weighted by atomic mass is 10.5. The van der Waals surface area contributed by atoms with Gasteiger partial charge in [0, 0.05) is 26.7 Å². The molecule has 0 aromatic rings. The molecule has 68 valence electrons. The van der Waals surface area contributed by atoms with Crippen LogP contribution in [0.4, 0.5) is 8.78 Å². The van der Waals surface area contributed by atoms with E-state index in [1.807, 2.05) is 0 Å². The Morgan fingerprint density at radius 3 is 2.00 bits per heavy atom. The third-order valence-electron chi connectivity index (χ3n) is 1.41. The molecule has 0 saturated carbocycles. The summed E-state index contributed by atoms with van der Waals surface area (Å²) in [7, 11) is 1.57. The quantitative estimate of drug-likeness (QED) is 0.558. The average molecular weight is 167 g/mol. The number of halogens is 2. The number of hydrogen-bond donors (Lipinski definition) is 0. The Morgan fingerprint density at radius 2 is 1.64 bits per heavy atom. The van der Waals surface area contributed by atoms with Crippen molar-refractivity contribution in [2.24, 2.45) is 0 Å². The van der Waals surface area contributed by atoms with Crippen LogP contribution in [0.15, 0.2) is 0 Å². The van der Waals surface area contributed by atoms with Crippen LogP contribution in [0, 0.1) is 0 Å². The fourth-order valence-corrected chi connectivity index (χ4v) is 0.795. The van der Waals surface area contributed by atoms with Crippen LogP contribution in [0.3, 0.4) is 0 Å². The van der Waals surface area contributed by atoms with Gasteiger partial charge in [-0.1, -0.05) is 0 Å². The molecule has 0 radical (unpaired) electrons. The number of alkyl halides is 2. The topological polar surface area (TPSA) is 12.5 Å². The van der Waals surface area contributed by atoms with Crippen LogP contribution in [0.1, 0.15) is 0 Å². The summed E-state index contributed by atoms with van der Waals surface area (Å²) >= 11 is 0. The van der Waals surface area contributed by atoms with Crippen molar-refractivity contribution in [1.29, 1.82) is 0 Å². The number of methoxy groups -OCH3 is 1. The monoisotopic (exact) mass is 167 g/mol. The molecule has 0 aliphatic carbocycles. The molecule has 0 aromatic heterocycles. The lowest BCUT2D eigenvalue weighted by Crippen LogP contribution is -2.31. The Labute approximate surface area is 66.1 Å². The van der Waals surface area contributed by atoms with Gasteiger partial charge in [-0.3, -0.25) is 4.90 Å². The molecule has 0 rings (SSSR count). The molecule has 0 heterocycles. The Balaban J connectivity index is 3.34. The molecule has 0 aliphatic rings. The summed E-state index contributed by atoms with van der Waals surface area (Å²) in [5.41, 5.74) is 0. The number of nitrogens with zero attached hydrogens (tertiary/aromatic N) is 1. The van der Waals surface area contributed by atoms with Crippen LogP contribution in [-0.4, -0.2) is 51.6 Å². The van der Waals surface area contributed by atoms with Crippen molar-refractivity contribution in [1.82, 2.24) is 4.90 Å². The molecular weight excluding hydrogens is 152 g/mol. The van der Waals surface area contributed by atoms with Gasteiger partial charge in [-0.05, 0) is 0 Å². The molecule has 0 aliphatic heterocycles. The van der Waals surface area contributed by atoms with Gasteiger partial charge in [-0.15, -0.1) is 0 Å². The number of rotatable bonds is 7. The molecule has 0 spiro atoms. The Bertz CT molecular complexity index is 76.8. The zero-order valence-corrected chi connectivity index (χ0v) is 6.85. The van der Waals surface area contributed by atoms with Gasteiger partial charge in [0.1, 0.15) is 13.3 Å². The van der Waals surface area contributed by atoms with Gasteiger partial charge < -0.3 is 4.74 Å². The van der Waals surface area contributed by atoms with Crippen molar-refractivity contribution in [3.05, 3.63) is 0 Å². The van der Waals surface area contributed by atoms with Crippen molar-refractivity contribution in [3.8, 4) is 0 Å². The van der Waals surface area contributed by atoms with E-state index in [0.717, 1.165) is 0 Å². The highest BCUT2D eigenvalue weighted by Gasteiger charge is 2.02. The first-order valence-corrected chi connectivity index (χ1v) is 3.68. The lowest BCUT2D eigenvalue weighted by molar-refractivity contribution is 0.138. The summed E-state index contributed by atoms with van der Waals surface area (Å²) in [4.78, 5) is 1.70. The minimum Gasteiger partial charge on any atom is -0.383 e. The Morgan fingerprint density at radius 1 is 1.09 bits per heavy atom. The van der Waals surface area contributed by atoms with Crippen LogP contribution >= 0.6 is 0 Å². The molecular formula is C7H15F2NO. The van der Waals surface area contributed by atoms with E-state index in [0.29, 0.717) is 26.2 Å². The van der Waals surface area contributed by atoms with Gasteiger partial charge in [0.25, 0.3) is 0 Å². The number of hydrogen-bond acceptors (Lipinski definition) is 2. The summed E-state index contributed by atoms with van der Waals surface area (Å²) in [5, 5.41) is 0. The fourth-order valence-electron chi connectivity index (χ4n) is 0.795. The van der Waals surface area contributed by atoms with Gasteiger partial charge >= 0.3 is 0 Å². The van der Waals surface area contributed by atoms with Crippen molar-refractivity contribution in [3.63, 3.8) is 0 Å². The average Bonchev–Trinajstić information content (AvgIpc) is 2.01. The van der Waals surface area contributed by atoms with Crippen LogP contribution in [0.5, 0.6) is 0 Å². The highest BCUT2D eigenvalue weighted by molar-refractivity contribution is 4.55. The minimum atomic E-state index is -0.427. The highest BCUT2D eigenvalue weighted by atomic mass is 19.1. The SMILES string of the molecule is COCCN(CCF)CCF. The van der Waals surface area contributed by atoms with Crippen molar-refractivity contribution < 1.29 is 13.5 Å². The maximum Gasteiger partial charge on any atom is 0.102 e. The lowest BCUT2D eigenvalue weighted by Gasteiger charge is -2.17. The second-order valence-electron chi connectivity index (χ2n) is 2.21. The summed E-state index contributed by atoms with van der Waals surface area (Å²) in [6.45, 7) is 0.873. The third kappa shape index (κ3) is 6.19. The molecule has 0 N–H and O–H groups in total. The minimum absolute atomic E-state index is 0.299. The first-order chi connectivity index (χ1) is 5.35. The zero-order valence-electron chi connectivity index (χ0n) is 6.85. The summed E-state index contributed by atoms with van der Waals surface area (Å²) in [6, 6.07) is 0. The molecule has 0 amide bonds. The van der Waals surface area contributed by atoms with Crippen LogP contribution in [0.25, 0.3) is 0 Å². The third-order valence-corrected chi connectivity index (χ3v) is 1.41. The molecule has 11 heavy (non-hydrogen) atoms. The Kier molecular flexibility index (Phi) is 7.72. The molecule has 0 aromatic carbocycles. The smallest absolute Gasteiger partial charge is 0.102 e. The van der Waals surface area contributed by atoms with E-state index in [1.54, 1.807) is 12.0 Å². The molecule has 0 atom stereocenters. The molecule has 2 nitrogen and oxygen atoms in total. The highest BCUT2D eigenvalue weighted by Crippen LogP contribution is 1.88. The van der Waals surface area contributed by atoms with Crippen molar-refractivity contribution >= 4 is 0 Å². The van der Waals surface area contributed by atoms with Crippen LogP contribution in [0.2, 0.25) is 0 Å². The van der Waals surface area contributed by atoms with Gasteiger partial charge in [0.2, 0.25) is 0 Å². The molecule has 4 heteroatoms. The van der Waals surface area contributed by atoms with E-state index in [1.165, 1.54) is 0 Å². The van der Waals surface area contributed by atoms with E-state index >= 15 is 0 Å². The van der Waals surface area contributed by atoms with Crippen LogP contribution < -0.4 is 0 Å². The summed E-state index contributed by atoms with van der Waals surface area (Å²) in [6.07, 6.45) is 0. The van der Waals surface area contributed by atoms with Crippen LogP contribution in [-0.2, 0) is 4.74 Å². The largest absolute Gasteiger partial charge is 0.383 e. The first-order valence-electron chi connectivity index (χ1n) is 3.68. The number of ether oxygens (including phenoxy) is 1. The van der Waals surface area contributed by atoms with Crippen molar-refractivity contribution in [2.75, 3.05) is 46.7 Å². The van der Waals surface area contributed by atoms with E-state index in [9.17, 15) is 8.78 Å². The van der Waals surface area contributed by atoms with E-state index in [4.69, 9.17) is 4.74 Å². The van der Waals surface area contributed by atoms with E-state index < -0.39 is 13.3 Å². The summed E-state index contributed by atoms with van der Waals surface area (Å²) in [5.74, 6) is 0. The standard InChI is InChI=1S/C7H15F2NO/c1-11-7-6-10(4-2-8)5-3-9/h2-7H2,1H3. The maximum absolute atomic E-state index is 11.8. The zero-order chi connectivity index (χ0) is 8.53. The second kappa shape index (κ2) is 7.88. The van der Waals surface area contributed by atoms with E-state index in [2.05, 4.69) is 0 Å². The molecule has 0 fully saturated rings. The molecule has 0 unspecified atom stereocenters. The normalized spacial score (nSPS) is 10.9. The first kappa shape index (κ1) is 10.8. The van der Waals surface area contributed by atoms with Gasteiger partial charge in [-0.2, -0.15) is 0 Å². The second-order valence-corrected chi connectivity index (χ2v) is 2.21.